The van der Waals surface area contributed by atoms with E-state index < -0.39 is 28.9 Å². The molecular formula is C27H23F6N6O5+. The number of likely N-dealkylation sites (N-methyl/N-ethyl adjacent to an activating group) is 1. The fourth-order valence-electron chi connectivity index (χ4n) is 4.43. The van der Waals surface area contributed by atoms with Gasteiger partial charge in [0.1, 0.15) is 31.7 Å². The molecule has 0 spiro atoms. The highest BCUT2D eigenvalue weighted by atomic mass is 19.4. The van der Waals surface area contributed by atoms with Crippen LogP contribution in [0, 0.1) is 0 Å². The van der Waals surface area contributed by atoms with Crippen molar-refractivity contribution in [3.63, 3.8) is 0 Å². The van der Waals surface area contributed by atoms with E-state index in [0.717, 1.165) is 12.1 Å². The molecule has 5 rings (SSSR count). The molecule has 232 valence electrons. The third-order valence-electron chi connectivity index (χ3n) is 6.70. The quantitative estimate of drug-likeness (QED) is 0.220. The van der Waals surface area contributed by atoms with E-state index >= 15 is 0 Å². The Morgan fingerprint density at radius 3 is 2.23 bits per heavy atom. The zero-order valence-corrected chi connectivity index (χ0v) is 22.8. The Labute approximate surface area is 244 Å². The van der Waals surface area contributed by atoms with Gasteiger partial charge in [0.05, 0.1) is 25.2 Å². The molecule has 1 aliphatic rings. The largest absolute Gasteiger partial charge is 0.573 e. The zero-order chi connectivity index (χ0) is 31.7. The van der Waals surface area contributed by atoms with Crippen molar-refractivity contribution in [3.8, 4) is 28.7 Å². The first-order valence-electron chi connectivity index (χ1n) is 12.9. The lowest BCUT2D eigenvalue weighted by atomic mass is 10.2. The SMILES string of the molecule is C[N+]1(OC(=O)C(F)(F)F)CCN(c2cc(Cn3cc(-c4nnc(-c5ccc(OC(F)(F)F)cc5)o4)ccc3=O)ccn2)CC1. The summed E-state index contributed by atoms with van der Waals surface area (Å²) in [5.74, 6) is -2.00. The summed E-state index contributed by atoms with van der Waals surface area (Å²) in [6.07, 6.45) is -6.85. The van der Waals surface area contributed by atoms with E-state index in [9.17, 15) is 35.9 Å². The average Bonchev–Trinajstić information content (AvgIpc) is 3.44. The zero-order valence-electron chi connectivity index (χ0n) is 22.8. The van der Waals surface area contributed by atoms with Gasteiger partial charge in [0.25, 0.3) is 5.56 Å². The summed E-state index contributed by atoms with van der Waals surface area (Å²) >= 11 is 0. The summed E-state index contributed by atoms with van der Waals surface area (Å²) < 4.78 is 85.6. The number of hydrogen-bond acceptors (Lipinski definition) is 9. The Morgan fingerprint density at radius 1 is 0.955 bits per heavy atom. The molecule has 0 amide bonds. The first-order valence-corrected chi connectivity index (χ1v) is 12.9. The maximum atomic E-state index is 12.6. The highest BCUT2D eigenvalue weighted by Crippen LogP contribution is 2.28. The lowest BCUT2D eigenvalue weighted by Gasteiger charge is -2.39. The molecule has 1 aromatic carbocycles. The highest BCUT2D eigenvalue weighted by Gasteiger charge is 2.47. The molecule has 0 atom stereocenters. The molecule has 1 saturated heterocycles. The highest BCUT2D eigenvalue weighted by molar-refractivity contribution is 5.74. The number of anilines is 1. The average molecular weight is 626 g/mol. The molecular weight excluding hydrogens is 602 g/mol. The van der Waals surface area contributed by atoms with Crippen LogP contribution >= 0.6 is 0 Å². The van der Waals surface area contributed by atoms with Crippen LogP contribution in [-0.4, -0.2) is 76.1 Å². The molecule has 0 unspecified atom stereocenters. The second-order valence-corrected chi connectivity index (χ2v) is 10.00. The second-order valence-electron chi connectivity index (χ2n) is 10.00. The van der Waals surface area contributed by atoms with Crippen LogP contribution < -0.4 is 15.2 Å². The fourth-order valence-corrected chi connectivity index (χ4v) is 4.43. The summed E-state index contributed by atoms with van der Waals surface area (Å²) in [5.41, 5.74) is 1.14. The number of carbonyl (C=O) groups is 1. The van der Waals surface area contributed by atoms with Crippen molar-refractivity contribution in [2.24, 2.45) is 0 Å². The molecule has 4 aromatic rings. The van der Waals surface area contributed by atoms with Gasteiger partial charge in [-0.2, -0.15) is 13.2 Å². The predicted octanol–water partition coefficient (Wildman–Crippen LogP) is 4.19. The monoisotopic (exact) mass is 625 g/mol. The minimum absolute atomic E-state index is 0.0412. The molecule has 4 heterocycles. The van der Waals surface area contributed by atoms with Gasteiger partial charge in [-0.25, -0.2) is 9.78 Å². The molecule has 0 N–H and O–H groups in total. The minimum Gasteiger partial charge on any atom is -0.416 e. The van der Waals surface area contributed by atoms with Crippen LogP contribution in [0.1, 0.15) is 5.56 Å². The number of hydrogen-bond donors (Lipinski definition) is 0. The molecule has 0 bridgehead atoms. The number of aromatic nitrogens is 4. The minimum atomic E-state index is -5.08. The van der Waals surface area contributed by atoms with Crippen molar-refractivity contribution >= 4 is 11.8 Å². The molecule has 0 aliphatic carbocycles. The summed E-state index contributed by atoms with van der Waals surface area (Å²) in [6.45, 7) is 0.880. The van der Waals surface area contributed by atoms with Crippen LogP contribution in [0.5, 0.6) is 5.75 Å². The van der Waals surface area contributed by atoms with Crippen LogP contribution in [-0.2, 0) is 16.2 Å². The molecule has 0 saturated carbocycles. The van der Waals surface area contributed by atoms with Gasteiger partial charge in [0.2, 0.25) is 11.8 Å². The molecule has 0 radical (unpaired) electrons. The number of pyridine rings is 2. The maximum Gasteiger partial charge on any atom is 0.573 e. The topological polar surface area (TPSA) is 113 Å². The smallest absolute Gasteiger partial charge is 0.416 e. The van der Waals surface area contributed by atoms with E-state index in [2.05, 4.69) is 24.8 Å². The Hall–Kier alpha value is -4.93. The van der Waals surface area contributed by atoms with Gasteiger partial charge in [-0.1, -0.05) is 0 Å². The number of hydroxylamine groups is 3. The number of rotatable bonds is 7. The van der Waals surface area contributed by atoms with Crippen LogP contribution in [0.4, 0.5) is 32.2 Å². The molecule has 1 aliphatic heterocycles. The summed E-state index contributed by atoms with van der Waals surface area (Å²) in [4.78, 5) is 34.8. The Morgan fingerprint density at radius 2 is 1.59 bits per heavy atom. The van der Waals surface area contributed by atoms with Crippen molar-refractivity contribution in [1.82, 2.24) is 19.7 Å². The molecule has 3 aromatic heterocycles. The number of nitrogens with zero attached hydrogens (tertiary/aromatic N) is 6. The second kappa shape index (κ2) is 11.6. The van der Waals surface area contributed by atoms with Crippen molar-refractivity contribution < 1.29 is 49.8 Å². The predicted molar refractivity (Wildman–Crippen MR) is 140 cm³/mol. The summed E-state index contributed by atoms with van der Waals surface area (Å²) in [7, 11) is 1.40. The van der Waals surface area contributed by atoms with Gasteiger partial charge in [-0.3, -0.25) is 9.63 Å². The van der Waals surface area contributed by atoms with Crippen LogP contribution in [0.25, 0.3) is 22.9 Å². The number of alkyl halides is 6. The Kier molecular flexibility index (Phi) is 8.07. The van der Waals surface area contributed by atoms with Crippen LogP contribution in [0.2, 0.25) is 0 Å². The first kappa shape index (κ1) is 30.5. The van der Waals surface area contributed by atoms with E-state index in [1.165, 1.54) is 42.1 Å². The van der Waals surface area contributed by atoms with Gasteiger partial charge < -0.3 is 18.6 Å². The Bertz CT molecular complexity index is 1690. The van der Waals surface area contributed by atoms with E-state index in [1.807, 2.05) is 4.90 Å². The van der Waals surface area contributed by atoms with Gasteiger partial charge in [0.15, 0.2) is 0 Å². The molecule has 17 heteroatoms. The molecule has 11 nitrogen and oxygen atoms in total. The first-order chi connectivity index (χ1) is 20.7. The fraction of sp³-hybridized carbons (Fsp3) is 0.296. The van der Waals surface area contributed by atoms with Crippen LogP contribution in [0.15, 0.2) is 70.1 Å². The number of piperazine rings is 1. The van der Waals surface area contributed by atoms with Gasteiger partial charge in [-0.15, -0.1) is 28.0 Å². The summed E-state index contributed by atoms with van der Waals surface area (Å²) in [5, 5.41) is 7.92. The lowest BCUT2D eigenvalue weighted by molar-refractivity contribution is -1.08. The molecule has 1 fully saturated rings. The van der Waals surface area contributed by atoms with E-state index in [0.29, 0.717) is 22.5 Å². The van der Waals surface area contributed by atoms with Gasteiger partial charge in [-0.05, 0) is 48.0 Å². The lowest BCUT2D eigenvalue weighted by Crippen LogP contribution is -2.59. The van der Waals surface area contributed by atoms with Crippen molar-refractivity contribution in [1.29, 1.82) is 0 Å². The number of carbonyl (C=O) groups excluding carboxylic acids is 1. The van der Waals surface area contributed by atoms with Crippen molar-refractivity contribution in [3.05, 3.63) is 76.8 Å². The van der Waals surface area contributed by atoms with Crippen LogP contribution in [0.3, 0.4) is 0 Å². The number of quaternary nitrogens is 1. The van der Waals surface area contributed by atoms with Crippen molar-refractivity contribution in [2.75, 3.05) is 38.1 Å². The van der Waals surface area contributed by atoms with E-state index in [4.69, 9.17) is 4.42 Å². The normalized spacial score (nSPS) is 15.2. The van der Waals surface area contributed by atoms with Gasteiger partial charge >= 0.3 is 18.5 Å². The van der Waals surface area contributed by atoms with Crippen molar-refractivity contribution in [2.45, 2.75) is 19.1 Å². The Balaban J connectivity index is 1.26. The number of halogens is 6. The van der Waals surface area contributed by atoms with E-state index in [1.54, 1.807) is 18.3 Å². The van der Waals surface area contributed by atoms with E-state index in [-0.39, 0.29) is 50.1 Å². The maximum absolute atomic E-state index is 12.6. The summed E-state index contributed by atoms with van der Waals surface area (Å²) in [6, 6.07) is 11.1. The number of benzene rings is 1. The number of ether oxygens (including phenoxy) is 1. The van der Waals surface area contributed by atoms with Gasteiger partial charge in [0, 0.05) is 24.0 Å². The molecule has 44 heavy (non-hydrogen) atoms. The third kappa shape index (κ3) is 7.34. The third-order valence-corrected chi connectivity index (χ3v) is 6.70. The standard InChI is InChI=1S/C27H23F6N6O5/c1-39(44-25(41)26(28,29)30)12-10-37(11-13-39)21-14-17(8-9-34-21)15-38-16-19(4-7-22(38)40)24-36-35-23(42-24)18-2-5-20(6-3-18)43-27(31,32)33/h2-9,14,16H,10-13,15H2,1H3/q+1.